The minimum Gasteiger partial charge on any atom is -0.478 e. The molecule has 0 saturated heterocycles. The van der Waals surface area contributed by atoms with Crippen molar-refractivity contribution in [3.05, 3.63) is 59.2 Å². The van der Waals surface area contributed by atoms with Crippen LogP contribution < -0.4 is 0 Å². The van der Waals surface area contributed by atoms with Crippen molar-refractivity contribution in [3.8, 4) is 0 Å². The highest BCUT2D eigenvalue weighted by molar-refractivity contribution is 5.88. The van der Waals surface area contributed by atoms with Crippen LogP contribution in [0.4, 0.5) is 0 Å². The molecule has 0 unspecified atom stereocenters. The maximum atomic E-state index is 11.2. The van der Waals surface area contributed by atoms with Gasteiger partial charge in [-0.15, -0.1) is 0 Å². The Morgan fingerprint density at radius 3 is 2.48 bits per heavy atom. The molecule has 0 amide bonds. The SMILES string of the molecule is CCCc1nc(C(C)(C)c2ccccc2)ncc1C(=O)O. The number of hydrogen-bond donors (Lipinski definition) is 1. The van der Waals surface area contributed by atoms with Crippen molar-refractivity contribution in [2.45, 2.75) is 39.0 Å². The molecule has 21 heavy (non-hydrogen) atoms. The number of aromatic carboxylic acids is 1. The normalized spacial score (nSPS) is 11.4. The molecule has 2 rings (SSSR count). The Hall–Kier alpha value is -2.23. The molecule has 0 aliphatic heterocycles. The maximum Gasteiger partial charge on any atom is 0.339 e. The summed E-state index contributed by atoms with van der Waals surface area (Å²) in [6, 6.07) is 10.0. The first-order valence-corrected chi connectivity index (χ1v) is 7.12. The third-order valence-corrected chi connectivity index (χ3v) is 3.64. The Kier molecular flexibility index (Phi) is 4.36. The van der Waals surface area contributed by atoms with Crippen LogP contribution in [-0.4, -0.2) is 21.0 Å². The predicted octanol–water partition coefficient (Wildman–Crippen LogP) is 3.45. The lowest BCUT2D eigenvalue weighted by molar-refractivity contribution is 0.0694. The van der Waals surface area contributed by atoms with Crippen molar-refractivity contribution < 1.29 is 9.90 Å². The number of carboxylic acids is 1. The lowest BCUT2D eigenvalue weighted by Crippen LogP contribution is -2.24. The quantitative estimate of drug-likeness (QED) is 0.913. The van der Waals surface area contributed by atoms with E-state index in [0.29, 0.717) is 17.9 Å². The molecule has 0 saturated carbocycles. The zero-order valence-corrected chi connectivity index (χ0v) is 12.6. The van der Waals surface area contributed by atoms with E-state index < -0.39 is 5.97 Å². The lowest BCUT2D eigenvalue weighted by atomic mass is 9.83. The molecule has 110 valence electrons. The van der Waals surface area contributed by atoms with Gasteiger partial charge in [0, 0.05) is 11.6 Å². The van der Waals surface area contributed by atoms with Crippen LogP contribution in [0.15, 0.2) is 36.5 Å². The summed E-state index contributed by atoms with van der Waals surface area (Å²) in [7, 11) is 0. The third kappa shape index (κ3) is 3.10. The van der Waals surface area contributed by atoms with Crippen molar-refractivity contribution in [2.24, 2.45) is 0 Å². The number of nitrogens with zero attached hydrogens (tertiary/aromatic N) is 2. The van der Waals surface area contributed by atoms with Crippen LogP contribution in [0.3, 0.4) is 0 Å². The lowest BCUT2D eigenvalue weighted by Gasteiger charge is -2.24. The van der Waals surface area contributed by atoms with Crippen LogP contribution in [0.25, 0.3) is 0 Å². The summed E-state index contributed by atoms with van der Waals surface area (Å²) >= 11 is 0. The van der Waals surface area contributed by atoms with Crippen molar-refractivity contribution >= 4 is 5.97 Å². The van der Waals surface area contributed by atoms with E-state index >= 15 is 0 Å². The zero-order chi connectivity index (χ0) is 15.5. The molecule has 2 aromatic rings. The van der Waals surface area contributed by atoms with Crippen LogP contribution in [0.5, 0.6) is 0 Å². The van der Waals surface area contributed by atoms with Gasteiger partial charge in [0.2, 0.25) is 0 Å². The van der Waals surface area contributed by atoms with Crippen molar-refractivity contribution in [1.82, 2.24) is 9.97 Å². The Morgan fingerprint density at radius 1 is 1.24 bits per heavy atom. The smallest absolute Gasteiger partial charge is 0.339 e. The molecule has 0 bridgehead atoms. The summed E-state index contributed by atoms with van der Waals surface area (Å²) < 4.78 is 0. The van der Waals surface area contributed by atoms with Gasteiger partial charge >= 0.3 is 5.97 Å². The molecule has 1 N–H and O–H groups in total. The number of hydrogen-bond acceptors (Lipinski definition) is 3. The van der Waals surface area contributed by atoms with Crippen LogP contribution in [0.1, 0.15) is 54.6 Å². The van der Waals surface area contributed by atoms with E-state index in [1.807, 2.05) is 51.1 Å². The van der Waals surface area contributed by atoms with E-state index in [-0.39, 0.29) is 11.0 Å². The third-order valence-electron chi connectivity index (χ3n) is 3.64. The number of aryl methyl sites for hydroxylation is 1. The van der Waals surface area contributed by atoms with Gasteiger partial charge in [-0.2, -0.15) is 0 Å². The average Bonchev–Trinajstić information content (AvgIpc) is 2.48. The van der Waals surface area contributed by atoms with Gasteiger partial charge in [-0.3, -0.25) is 0 Å². The Labute approximate surface area is 124 Å². The molecule has 1 heterocycles. The minimum atomic E-state index is -0.970. The molecular weight excluding hydrogens is 264 g/mol. The molecule has 1 aromatic carbocycles. The zero-order valence-electron chi connectivity index (χ0n) is 12.6. The Balaban J connectivity index is 2.49. The van der Waals surface area contributed by atoms with Crippen LogP contribution in [-0.2, 0) is 11.8 Å². The van der Waals surface area contributed by atoms with E-state index in [0.717, 1.165) is 12.0 Å². The van der Waals surface area contributed by atoms with Gasteiger partial charge in [0.25, 0.3) is 0 Å². The maximum absolute atomic E-state index is 11.2. The van der Waals surface area contributed by atoms with Crippen LogP contribution in [0, 0.1) is 0 Å². The molecular formula is C17H20N2O2. The molecule has 0 spiro atoms. The van der Waals surface area contributed by atoms with Gasteiger partial charge in [-0.05, 0) is 25.8 Å². The fraction of sp³-hybridized carbons (Fsp3) is 0.353. The van der Waals surface area contributed by atoms with E-state index in [2.05, 4.69) is 9.97 Å². The minimum absolute atomic E-state index is 0.199. The summed E-state index contributed by atoms with van der Waals surface area (Å²) in [6.45, 7) is 6.11. The second kappa shape index (κ2) is 6.04. The molecule has 4 nitrogen and oxygen atoms in total. The summed E-state index contributed by atoms with van der Waals surface area (Å²) in [5.74, 6) is -0.315. The molecule has 0 atom stereocenters. The fourth-order valence-corrected chi connectivity index (χ4v) is 2.31. The second-order valence-corrected chi connectivity index (χ2v) is 5.60. The van der Waals surface area contributed by atoms with Gasteiger partial charge in [0.1, 0.15) is 5.82 Å². The van der Waals surface area contributed by atoms with E-state index in [4.69, 9.17) is 0 Å². The predicted molar refractivity (Wildman–Crippen MR) is 81.6 cm³/mol. The topological polar surface area (TPSA) is 63.1 Å². The van der Waals surface area contributed by atoms with Crippen molar-refractivity contribution in [1.29, 1.82) is 0 Å². The number of carboxylic acid groups (broad SMARTS) is 1. The molecule has 1 aromatic heterocycles. The Morgan fingerprint density at radius 2 is 1.90 bits per heavy atom. The summed E-state index contributed by atoms with van der Waals surface area (Å²) in [5, 5.41) is 9.22. The molecule has 0 aliphatic rings. The summed E-state index contributed by atoms with van der Waals surface area (Å²) in [4.78, 5) is 20.1. The monoisotopic (exact) mass is 284 g/mol. The fourth-order valence-electron chi connectivity index (χ4n) is 2.31. The van der Waals surface area contributed by atoms with Crippen LogP contribution in [0.2, 0.25) is 0 Å². The first-order valence-electron chi connectivity index (χ1n) is 7.12. The standard InChI is InChI=1S/C17H20N2O2/c1-4-8-14-13(15(20)21)11-18-16(19-14)17(2,3)12-9-6-5-7-10-12/h5-7,9-11H,4,8H2,1-3H3,(H,20,21). The van der Waals surface area contributed by atoms with Gasteiger partial charge in [-0.1, -0.05) is 43.7 Å². The molecule has 4 heteroatoms. The summed E-state index contributed by atoms with van der Waals surface area (Å²) in [5.41, 5.74) is 1.56. The van der Waals surface area contributed by atoms with Crippen LogP contribution >= 0.6 is 0 Å². The van der Waals surface area contributed by atoms with E-state index in [1.54, 1.807) is 0 Å². The first kappa shape index (κ1) is 15.2. The summed E-state index contributed by atoms with van der Waals surface area (Å²) in [6.07, 6.45) is 2.92. The number of benzene rings is 1. The van der Waals surface area contributed by atoms with Crippen molar-refractivity contribution in [2.75, 3.05) is 0 Å². The molecule has 0 aliphatic carbocycles. The number of rotatable bonds is 5. The first-order chi connectivity index (χ1) is 9.96. The van der Waals surface area contributed by atoms with Gasteiger partial charge in [0.05, 0.1) is 11.3 Å². The molecule has 0 radical (unpaired) electrons. The van der Waals surface area contributed by atoms with Gasteiger partial charge < -0.3 is 5.11 Å². The molecule has 0 fully saturated rings. The number of carbonyl (C=O) groups is 1. The van der Waals surface area contributed by atoms with Gasteiger partial charge in [-0.25, -0.2) is 14.8 Å². The largest absolute Gasteiger partial charge is 0.478 e. The highest BCUT2D eigenvalue weighted by Gasteiger charge is 2.27. The Bertz CT molecular complexity index is 636. The second-order valence-electron chi connectivity index (χ2n) is 5.60. The van der Waals surface area contributed by atoms with Gasteiger partial charge in [0.15, 0.2) is 0 Å². The highest BCUT2D eigenvalue weighted by atomic mass is 16.4. The van der Waals surface area contributed by atoms with E-state index in [1.165, 1.54) is 6.20 Å². The van der Waals surface area contributed by atoms with E-state index in [9.17, 15) is 9.90 Å². The number of aromatic nitrogens is 2. The average molecular weight is 284 g/mol. The highest BCUT2D eigenvalue weighted by Crippen LogP contribution is 2.29. The van der Waals surface area contributed by atoms with Crippen molar-refractivity contribution in [3.63, 3.8) is 0 Å².